The van der Waals surface area contributed by atoms with Crippen molar-refractivity contribution in [1.82, 2.24) is 9.21 Å². The zero-order chi connectivity index (χ0) is 21.5. The first-order valence-corrected chi connectivity index (χ1v) is 11.2. The van der Waals surface area contributed by atoms with Gasteiger partial charge in [-0.15, -0.1) is 0 Å². The average Bonchev–Trinajstić information content (AvgIpc) is 2.74. The van der Waals surface area contributed by atoms with Gasteiger partial charge < -0.3 is 9.32 Å². The first-order chi connectivity index (χ1) is 14.3. The Morgan fingerprint density at radius 2 is 1.67 bits per heavy atom. The number of hydrogen-bond acceptors (Lipinski definition) is 5. The number of halogens is 2. The summed E-state index contributed by atoms with van der Waals surface area (Å²) in [5, 5.41) is 0.748. The number of amides is 1. The van der Waals surface area contributed by atoms with Crippen LogP contribution in [0.2, 0.25) is 10.0 Å². The summed E-state index contributed by atoms with van der Waals surface area (Å²) >= 11 is 12.0. The number of carbonyl (C=O) groups is 1. The van der Waals surface area contributed by atoms with E-state index < -0.39 is 21.6 Å². The highest BCUT2D eigenvalue weighted by molar-refractivity contribution is 7.89. The van der Waals surface area contributed by atoms with Crippen LogP contribution < -0.4 is 5.63 Å². The summed E-state index contributed by atoms with van der Waals surface area (Å²) < 4.78 is 32.3. The van der Waals surface area contributed by atoms with E-state index in [2.05, 4.69) is 0 Å². The van der Waals surface area contributed by atoms with Gasteiger partial charge in [0, 0.05) is 31.6 Å². The normalized spacial score (nSPS) is 15.5. The largest absolute Gasteiger partial charge is 0.422 e. The number of benzene rings is 2. The Hall–Kier alpha value is -2.39. The van der Waals surface area contributed by atoms with Gasteiger partial charge >= 0.3 is 5.63 Å². The van der Waals surface area contributed by atoms with E-state index in [9.17, 15) is 18.0 Å². The number of nitrogens with zero attached hydrogens (tertiary/aromatic N) is 2. The molecule has 0 saturated carbocycles. The molecule has 0 aliphatic carbocycles. The molecule has 0 spiro atoms. The van der Waals surface area contributed by atoms with Gasteiger partial charge in [0.1, 0.15) is 16.0 Å². The highest BCUT2D eigenvalue weighted by atomic mass is 35.5. The molecule has 30 heavy (non-hydrogen) atoms. The average molecular weight is 467 g/mol. The zero-order valence-corrected chi connectivity index (χ0v) is 17.9. The van der Waals surface area contributed by atoms with Crippen molar-refractivity contribution >= 4 is 50.1 Å². The summed E-state index contributed by atoms with van der Waals surface area (Å²) in [4.78, 5) is 26.5. The molecule has 10 heteroatoms. The van der Waals surface area contributed by atoms with Crippen LogP contribution in [0.25, 0.3) is 11.0 Å². The van der Waals surface area contributed by atoms with Gasteiger partial charge in [-0.25, -0.2) is 13.2 Å². The van der Waals surface area contributed by atoms with Gasteiger partial charge in [-0.2, -0.15) is 4.31 Å². The van der Waals surface area contributed by atoms with Crippen molar-refractivity contribution in [2.24, 2.45) is 0 Å². The fourth-order valence-electron chi connectivity index (χ4n) is 3.34. The number of para-hydroxylation sites is 1. The minimum atomic E-state index is -3.87. The topological polar surface area (TPSA) is 87.9 Å². The smallest absolute Gasteiger partial charge is 0.349 e. The standard InChI is InChI=1S/C20H16Cl2N2O5S/c21-15-5-3-7-17(18(15)22)30(27,28)24-10-8-23(9-11-24)19(25)14-12-13-4-1-2-6-16(13)29-20(14)26/h1-7,12H,8-11H2. The van der Waals surface area contributed by atoms with E-state index in [4.69, 9.17) is 27.6 Å². The molecule has 156 valence electrons. The molecule has 0 atom stereocenters. The second-order valence-electron chi connectivity index (χ2n) is 6.73. The molecule has 0 radical (unpaired) electrons. The maximum absolute atomic E-state index is 12.9. The number of rotatable bonds is 3. The molecule has 1 aliphatic rings. The molecule has 1 saturated heterocycles. The molecule has 1 aromatic heterocycles. The Kier molecular flexibility index (Phi) is 5.59. The fourth-order valence-corrected chi connectivity index (χ4v) is 5.49. The first kappa shape index (κ1) is 20.9. The third-order valence-corrected chi connectivity index (χ3v) is 7.80. The second kappa shape index (κ2) is 8.03. The molecule has 3 aromatic rings. The Bertz CT molecular complexity index is 1300. The van der Waals surface area contributed by atoms with Crippen molar-refractivity contribution < 1.29 is 17.6 Å². The predicted molar refractivity (Wildman–Crippen MR) is 114 cm³/mol. The van der Waals surface area contributed by atoms with E-state index >= 15 is 0 Å². The van der Waals surface area contributed by atoms with Crippen LogP contribution in [-0.2, 0) is 10.0 Å². The van der Waals surface area contributed by atoms with Crippen molar-refractivity contribution in [3.8, 4) is 0 Å². The Morgan fingerprint density at radius 1 is 0.967 bits per heavy atom. The molecular weight excluding hydrogens is 451 g/mol. The maximum atomic E-state index is 12.9. The van der Waals surface area contributed by atoms with Gasteiger partial charge in [-0.3, -0.25) is 4.79 Å². The monoisotopic (exact) mass is 466 g/mol. The quantitative estimate of drug-likeness (QED) is 0.552. The van der Waals surface area contributed by atoms with Crippen molar-refractivity contribution in [2.45, 2.75) is 4.90 Å². The van der Waals surface area contributed by atoms with Crippen LogP contribution >= 0.6 is 23.2 Å². The number of carbonyl (C=O) groups excluding carboxylic acids is 1. The molecule has 4 rings (SSSR count). The molecule has 0 unspecified atom stereocenters. The predicted octanol–water partition coefficient (Wildman–Crippen LogP) is 3.25. The molecule has 2 aromatic carbocycles. The molecule has 7 nitrogen and oxygen atoms in total. The van der Waals surface area contributed by atoms with Crippen LogP contribution in [0.4, 0.5) is 0 Å². The highest BCUT2D eigenvalue weighted by Gasteiger charge is 2.33. The third-order valence-electron chi connectivity index (χ3n) is 4.93. The lowest BCUT2D eigenvalue weighted by Crippen LogP contribution is -2.51. The minimum Gasteiger partial charge on any atom is -0.422 e. The Labute approximate surface area is 182 Å². The molecular formula is C20H16Cl2N2O5S. The van der Waals surface area contributed by atoms with Crippen LogP contribution in [0.15, 0.2) is 62.6 Å². The third kappa shape index (κ3) is 3.72. The van der Waals surface area contributed by atoms with E-state index in [-0.39, 0.29) is 46.7 Å². The first-order valence-electron chi connectivity index (χ1n) is 9.05. The van der Waals surface area contributed by atoms with Crippen LogP contribution in [-0.4, -0.2) is 49.7 Å². The van der Waals surface area contributed by atoms with Crippen LogP contribution in [0.5, 0.6) is 0 Å². The van der Waals surface area contributed by atoms with Crippen LogP contribution in [0.1, 0.15) is 10.4 Å². The fraction of sp³-hybridized carbons (Fsp3) is 0.200. The van der Waals surface area contributed by atoms with Gasteiger partial charge in [-0.1, -0.05) is 47.5 Å². The Balaban J connectivity index is 1.53. The van der Waals surface area contributed by atoms with Gasteiger partial charge in [0.2, 0.25) is 10.0 Å². The summed E-state index contributed by atoms with van der Waals surface area (Å²) in [5.74, 6) is -0.493. The summed E-state index contributed by atoms with van der Waals surface area (Å²) in [7, 11) is -3.87. The maximum Gasteiger partial charge on any atom is 0.349 e. The van der Waals surface area contributed by atoms with Gasteiger partial charge in [0.15, 0.2) is 0 Å². The van der Waals surface area contributed by atoms with E-state index in [1.807, 2.05) is 0 Å². The van der Waals surface area contributed by atoms with Crippen LogP contribution in [0, 0.1) is 0 Å². The lowest BCUT2D eigenvalue weighted by molar-refractivity contribution is 0.0694. The molecule has 0 bridgehead atoms. The van der Waals surface area contributed by atoms with Gasteiger partial charge in [0.05, 0.1) is 10.0 Å². The summed E-state index contributed by atoms with van der Waals surface area (Å²) in [6.07, 6.45) is 0. The zero-order valence-electron chi connectivity index (χ0n) is 15.5. The number of hydrogen-bond donors (Lipinski definition) is 0. The van der Waals surface area contributed by atoms with Crippen molar-refractivity contribution in [3.63, 3.8) is 0 Å². The minimum absolute atomic E-state index is 0.0357. The number of fused-ring (bicyclic) bond motifs is 1. The number of sulfonamides is 1. The van der Waals surface area contributed by atoms with Gasteiger partial charge in [-0.05, 0) is 24.3 Å². The van der Waals surface area contributed by atoms with E-state index in [1.54, 1.807) is 24.3 Å². The van der Waals surface area contributed by atoms with E-state index in [0.717, 1.165) is 0 Å². The summed E-state index contributed by atoms with van der Waals surface area (Å²) in [5.41, 5.74) is -0.407. The second-order valence-corrected chi connectivity index (χ2v) is 9.43. The van der Waals surface area contributed by atoms with Crippen LogP contribution in [0.3, 0.4) is 0 Å². The highest BCUT2D eigenvalue weighted by Crippen LogP contribution is 2.31. The van der Waals surface area contributed by atoms with E-state index in [0.29, 0.717) is 11.0 Å². The van der Waals surface area contributed by atoms with Gasteiger partial charge in [0.25, 0.3) is 5.91 Å². The SMILES string of the molecule is O=C(c1cc2ccccc2oc1=O)N1CCN(S(=O)(=O)c2cccc(Cl)c2Cl)CC1. The lowest BCUT2D eigenvalue weighted by Gasteiger charge is -2.34. The molecule has 0 N–H and O–H groups in total. The van der Waals surface area contributed by atoms with E-state index in [1.165, 1.54) is 33.5 Å². The molecule has 1 fully saturated rings. The summed E-state index contributed by atoms with van der Waals surface area (Å²) in [6.45, 7) is 0.386. The van der Waals surface area contributed by atoms with Crippen molar-refractivity contribution in [3.05, 3.63) is 74.6 Å². The molecule has 2 heterocycles. The van der Waals surface area contributed by atoms with Crippen molar-refractivity contribution in [1.29, 1.82) is 0 Å². The Morgan fingerprint density at radius 3 is 2.40 bits per heavy atom. The lowest BCUT2D eigenvalue weighted by atomic mass is 10.1. The summed E-state index contributed by atoms with van der Waals surface area (Å²) in [6, 6.07) is 12.8. The van der Waals surface area contributed by atoms with Crippen molar-refractivity contribution in [2.75, 3.05) is 26.2 Å². The number of piperazine rings is 1. The molecule has 1 amide bonds. The molecule has 1 aliphatic heterocycles.